The third kappa shape index (κ3) is 2.19. The lowest BCUT2D eigenvalue weighted by Crippen LogP contribution is -2.44. The van der Waals surface area contributed by atoms with Gasteiger partial charge in [0.15, 0.2) is 6.29 Å². The molecule has 0 N–H and O–H groups in total. The Morgan fingerprint density at radius 1 is 1.11 bits per heavy atom. The highest BCUT2D eigenvalue weighted by molar-refractivity contribution is 5.18. The first-order valence-corrected chi connectivity index (χ1v) is 5.99. The van der Waals surface area contributed by atoms with Crippen LogP contribution in [0.3, 0.4) is 0 Å². The van der Waals surface area contributed by atoms with Crippen molar-refractivity contribution in [2.45, 2.75) is 24.6 Å². The van der Waals surface area contributed by atoms with E-state index in [9.17, 15) is 0 Å². The van der Waals surface area contributed by atoms with E-state index in [1.807, 2.05) is 42.5 Å². The van der Waals surface area contributed by atoms with Crippen LogP contribution in [0.2, 0.25) is 0 Å². The second kappa shape index (κ2) is 4.95. The molecule has 0 saturated carbocycles. The number of benzene rings is 1. The summed E-state index contributed by atoms with van der Waals surface area (Å²) >= 11 is 0. The average Bonchev–Trinajstić information content (AvgIpc) is 2.47. The lowest BCUT2D eigenvalue weighted by atomic mass is 10.1. The first-order valence-electron chi connectivity index (χ1n) is 5.99. The van der Waals surface area contributed by atoms with E-state index in [1.165, 1.54) is 0 Å². The summed E-state index contributed by atoms with van der Waals surface area (Å²) in [6.45, 7) is 0.493. The van der Waals surface area contributed by atoms with Crippen LogP contribution in [0.1, 0.15) is 11.9 Å². The Labute approximate surface area is 106 Å². The maximum atomic E-state index is 5.87. The minimum Gasteiger partial charge on any atom is -0.353 e. The molecule has 3 heteroatoms. The molecule has 0 bridgehead atoms. The van der Waals surface area contributed by atoms with Gasteiger partial charge in [0.25, 0.3) is 0 Å². The number of ether oxygens (including phenoxy) is 3. The zero-order valence-corrected chi connectivity index (χ0v) is 9.86. The molecular formula is C15H14O3. The van der Waals surface area contributed by atoms with E-state index < -0.39 is 0 Å². The Balaban J connectivity index is 1.73. The molecule has 1 aromatic carbocycles. The normalized spacial score (nSPS) is 34.6. The molecule has 1 aromatic rings. The Hall–Kier alpha value is -1.60. The summed E-state index contributed by atoms with van der Waals surface area (Å²) in [6, 6.07) is 9.88. The van der Waals surface area contributed by atoms with Crippen molar-refractivity contribution in [3.8, 4) is 12.3 Å². The van der Waals surface area contributed by atoms with Crippen molar-refractivity contribution in [2.75, 3.05) is 6.61 Å². The molecule has 2 aliphatic heterocycles. The van der Waals surface area contributed by atoms with Gasteiger partial charge < -0.3 is 14.2 Å². The third-order valence-corrected chi connectivity index (χ3v) is 3.09. The number of rotatable bonds is 1. The van der Waals surface area contributed by atoms with Crippen LogP contribution in [0, 0.1) is 12.3 Å². The quantitative estimate of drug-likeness (QED) is 0.557. The van der Waals surface area contributed by atoms with Gasteiger partial charge in [-0.05, 0) is 6.08 Å². The van der Waals surface area contributed by atoms with Crippen LogP contribution in [0.5, 0.6) is 0 Å². The van der Waals surface area contributed by atoms with Gasteiger partial charge >= 0.3 is 0 Å². The van der Waals surface area contributed by atoms with Gasteiger partial charge in [-0.1, -0.05) is 42.3 Å². The van der Waals surface area contributed by atoms with Gasteiger partial charge in [0.05, 0.1) is 6.61 Å². The van der Waals surface area contributed by atoms with E-state index in [0.717, 1.165) is 5.56 Å². The van der Waals surface area contributed by atoms with E-state index in [-0.39, 0.29) is 24.6 Å². The highest BCUT2D eigenvalue weighted by atomic mass is 16.7. The van der Waals surface area contributed by atoms with Crippen LogP contribution in [-0.2, 0) is 14.2 Å². The summed E-state index contributed by atoms with van der Waals surface area (Å²) in [5.41, 5.74) is 1.02. The van der Waals surface area contributed by atoms with Crippen molar-refractivity contribution >= 4 is 0 Å². The van der Waals surface area contributed by atoms with Crippen molar-refractivity contribution < 1.29 is 14.2 Å². The Morgan fingerprint density at radius 2 is 1.94 bits per heavy atom. The van der Waals surface area contributed by atoms with Crippen molar-refractivity contribution in [3.05, 3.63) is 48.0 Å². The molecule has 3 rings (SSSR count). The molecule has 18 heavy (non-hydrogen) atoms. The molecule has 1 unspecified atom stereocenters. The van der Waals surface area contributed by atoms with Gasteiger partial charge in [-0.3, -0.25) is 0 Å². The predicted molar refractivity (Wildman–Crippen MR) is 66.6 cm³/mol. The lowest BCUT2D eigenvalue weighted by Gasteiger charge is -2.38. The fourth-order valence-electron chi connectivity index (χ4n) is 2.16. The predicted octanol–water partition coefficient (Wildman–Crippen LogP) is 2.06. The average molecular weight is 242 g/mol. The highest BCUT2D eigenvalue weighted by Crippen LogP contribution is 2.30. The molecule has 2 aliphatic rings. The first-order chi connectivity index (χ1) is 8.86. The van der Waals surface area contributed by atoms with Crippen LogP contribution < -0.4 is 0 Å². The van der Waals surface area contributed by atoms with Crippen molar-refractivity contribution in [1.82, 2.24) is 0 Å². The molecule has 0 aliphatic carbocycles. The largest absolute Gasteiger partial charge is 0.353 e. The van der Waals surface area contributed by atoms with Gasteiger partial charge in [-0.25, -0.2) is 0 Å². The van der Waals surface area contributed by atoms with Crippen LogP contribution >= 0.6 is 0 Å². The molecule has 0 spiro atoms. The zero-order valence-electron chi connectivity index (χ0n) is 9.86. The summed E-state index contributed by atoms with van der Waals surface area (Å²) in [4.78, 5) is 0. The van der Waals surface area contributed by atoms with Crippen LogP contribution in [0.15, 0.2) is 42.5 Å². The molecule has 2 heterocycles. The third-order valence-electron chi connectivity index (χ3n) is 3.09. The van der Waals surface area contributed by atoms with Gasteiger partial charge in [0.1, 0.15) is 18.3 Å². The summed E-state index contributed by atoms with van der Waals surface area (Å²) in [7, 11) is 0. The van der Waals surface area contributed by atoms with E-state index >= 15 is 0 Å². The molecule has 0 amide bonds. The molecule has 0 radical (unpaired) electrons. The van der Waals surface area contributed by atoms with Crippen LogP contribution in [0.25, 0.3) is 0 Å². The minimum absolute atomic E-state index is 0.0893. The fraction of sp³-hybridized carbons (Fsp3) is 0.333. The van der Waals surface area contributed by atoms with E-state index in [1.54, 1.807) is 0 Å². The lowest BCUT2D eigenvalue weighted by molar-refractivity contribution is -0.258. The molecule has 0 aromatic heterocycles. The molecule has 3 nitrogen and oxygen atoms in total. The second-order valence-electron chi connectivity index (χ2n) is 4.32. The Bertz CT molecular complexity index is 474. The number of hydrogen-bond acceptors (Lipinski definition) is 3. The van der Waals surface area contributed by atoms with Gasteiger partial charge in [0, 0.05) is 5.56 Å². The topological polar surface area (TPSA) is 27.7 Å². The van der Waals surface area contributed by atoms with E-state index in [4.69, 9.17) is 20.6 Å². The monoisotopic (exact) mass is 242 g/mol. The summed E-state index contributed by atoms with van der Waals surface area (Å²) < 4.78 is 17.2. The van der Waals surface area contributed by atoms with Gasteiger partial charge in [-0.2, -0.15) is 0 Å². The van der Waals surface area contributed by atoms with Crippen LogP contribution in [0.4, 0.5) is 0 Å². The van der Waals surface area contributed by atoms with E-state index in [0.29, 0.717) is 6.61 Å². The minimum atomic E-state index is -0.330. The summed E-state index contributed by atoms with van der Waals surface area (Å²) in [6.07, 6.45) is 8.35. The Kier molecular flexibility index (Phi) is 3.16. The van der Waals surface area contributed by atoms with Crippen molar-refractivity contribution in [1.29, 1.82) is 0 Å². The molecule has 1 saturated heterocycles. The highest BCUT2D eigenvalue weighted by Gasteiger charge is 2.35. The summed E-state index contributed by atoms with van der Waals surface area (Å²) in [5, 5.41) is 0. The first kappa shape index (κ1) is 11.5. The van der Waals surface area contributed by atoms with E-state index in [2.05, 4.69) is 5.92 Å². The van der Waals surface area contributed by atoms with Gasteiger partial charge in [0.2, 0.25) is 0 Å². The van der Waals surface area contributed by atoms with Crippen LogP contribution in [-0.4, -0.2) is 24.9 Å². The number of hydrogen-bond donors (Lipinski definition) is 0. The van der Waals surface area contributed by atoms with Crippen molar-refractivity contribution in [3.63, 3.8) is 0 Å². The van der Waals surface area contributed by atoms with Crippen molar-refractivity contribution in [2.24, 2.45) is 0 Å². The molecule has 1 fully saturated rings. The SMILES string of the molecule is C#CC1C=C[C@@H]2O[C@H](c3ccccc3)OC[C@H]2O1. The fourth-order valence-corrected chi connectivity index (χ4v) is 2.16. The molecular weight excluding hydrogens is 228 g/mol. The number of fused-ring (bicyclic) bond motifs is 1. The number of terminal acetylenes is 1. The maximum Gasteiger partial charge on any atom is 0.184 e. The second-order valence-corrected chi connectivity index (χ2v) is 4.32. The molecule has 4 atom stereocenters. The zero-order chi connectivity index (χ0) is 12.4. The standard InChI is InChI=1S/C15H14O3/c1-2-12-8-9-13-14(17-12)10-16-15(18-13)11-6-4-3-5-7-11/h1,3-9,12-15H,10H2/t12?,13-,14+,15+/m0/s1. The summed E-state index contributed by atoms with van der Waals surface area (Å²) in [5.74, 6) is 2.56. The smallest absolute Gasteiger partial charge is 0.184 e. The maximum absolute atomic E-state index is 5.87. The molecule has 92 valence electrons. The Morgan fingerprint density at radius 3 is 2.72 bits per heavy atom. The van der Waals surface area contributed by atoms with Gasteiger partial charge in [-0.15, -0.1) is 6.42 Å².